The molecule has 0 radical (unpaired) electrons. The predicted octanol–water partition coefficient (Wildman–Crippen LogP) is 4.14. The van der Waals surface area contributed by atoms with E-state index in [9.17, 15) is 9.18 Å². The van der Waals surface area contributed by atoms with Crippen LogP contribution in [0.5, 0.6) is 0 Å². The van der Waals surface area contributed by atoms with Crippen LogP contribution in [0.4, 0.5) is 4.39 Å². The standard InChI is InChI=1S/C16H10ClFN2O/c17-13-2-1-3-15(8-13)20-9-12(10-21)16(19-20)11-4-6-14(18)7-5-11/h1-10H. The molecule has 5 heteroatoms. The van der Waals surface area contributed by atoms with E-state index in [0.717, 1.165) is 12.0 Å². The number of carbonyl (C=O) groups excluding carboxylic acids is 1. The fourth-order valence-corrected chi connectivity index (χ4v) is 2.24. The molecule has 1 heterocycles. The van der Waals surface area contributed by atoms with E-state index in [1.165, 1.54) is 12.1 Å². The molecule has 0 bridgehead atoms. The summed E-state index contributed by atoms with van der Waals surface area (Å²) in [4.78, 5) is 11.2. The number of hydrogen-bond acceptors (Lipinski definition) is 2. The molecule has 0 spiro atoms. The highest BCUT2D eigenvalue weighted by atomic mass is 35.5. The van der Waals surface area contributed by atoms with Gasteiger partial charge in [0.1, 0.15) is 11.5 Å². The van der Waals surface area contributed by atoms with Crippen molar-refractivity contribution in [3.63, 3.8) is 0 Å². The van der Waals surface area contributed by atoms with Gasteiger partial charge >= 0.3 is 0 Å². The highest BCUT2D eigenvalue weighted by molar-refractivity contribution is 6.30. The van der Waals surface area contributed by atoms with Crippen molar-refractivity contribution in [3.8, 4) is 16.9 Å². The van der Waals surface area contributed by atoms with Gasteiger partial charge in [-0.25, -0.2) is 9.07 Å². The smallest absolute Gasteiger partial charge is 0.153 e. The lowest BCUT2D eigenvalue weighted by Crippen LogP contribution is -1.94. The van der Waals surface area contributed by atoms with Gasteiger partial charge in [-0.05, 0) is 42.5 Å². The summed E-state index contributed by atoms with van der Waals surface area (Å²) in [5.41, 5.74) is 2.37. The van der Waals surface area contributed by atoms with E-state index in [0.29, 0.717) is 21.8 Å². The van der Waals surface area contributed by atoms with Crippen LogP contribution >= 0.6 is 11.6 Å². The summed E-state index contributed by atoms with van der Waals surface area (Å²) in [5, 5.41) is 4.98. The molecule has 3 nitrogen and oxygen atoms in total. The Kier molecular flexibility index (Phi) is 3.54. The van der Waals surface area contributed by atoms with Crippen LogP contribution in [0.3, 0.4) is 0 Å². The molecule has 21 heavy (non-hydrogen) atoms. The molecule has 0 amide bonds. The number of rotatable bonds is 3. The Morgan fingerprint density at radius 1 is 1.14 bits per heavy atom. The molecule has 0 aliphatic heterocycles. The topological polar surface area (TPSA) is 34.9 Å². The van der Waals surface area contributed by atoms with Gasteiger partial charge in [0.2, 0.25) is 0 Å². The molecule has 0 saturated heterocycles. The Bertz CT molecular complexity index is 796. The summed E-state index contributed by atoms with van der Waals surface area (Å²) >= 11 is 5.96. The second kappa shape index (κ2) is 5.50. The third-order valence-corrected chi connectivity index (χ3v) is 3.30. The summed E-state index contributed by atoms with van der Waals surface area (Å²) in [5.74, 6) is -0.333. The zero-order valence-electron chi connectivity index (χ0n) is 10.8. The first-order valence-corrected chi connectivity index (χ1v) is 6.62. The number of aldehydes is 1. The lowest BCUT2D eigenvalue weighted by Gasteiger charge is -2.01. The molecule has 104 valence electrons. The van der Waals surface area contributed by atoms with Crippen LogP contribution in [-0.2, 0) is 0 Å². The summed E-state index contributed by atoms with van der Waals surface area (Å²) in [6.07, 6.45) is 2.35. The Balaban J connectivity index is 2.10. The van der Waals surface area contributed by atoms with Crippen molar-refractivity contribution in [2.45, 2.75) is 0 Å². The van der Waals surface area contributed by atoms with Crippen molar-refractivity contribution in [2.75, 3.05) is 0 Å². The van der Waals surface area contributed by atoms with Crippen LogP contribution in [0.25, 0.3) is 16.9 Å². The van der Waals surface area contributed by atoms with E-state index in [2.05, 4.69) is 5.10 Å². The normalized spacial score (nSPS) is 10.6. The largest absolute Gasteiger partial charge is 0.298 e. The lowest BCUT2D eigenvalue weighted by molar-refractivity contribution is 0.112. The minimum Gasteiger partial charge on any atom is -0.298 e. The first-order chi connectivity index (χ1) is 10.2. The molecule has 0 N–H and O–H groups in total. The fourth-order valence-electron chi connectivity index (χ4n) is 2.06. The van der Waals surface area contributed by atoms with Gasteiger partial charge in [-0.15, -0.1) is 0 Å². The number of benzene rings is 2. The van der Waals surface area contributed by atoms with E-state index in [4.69, 9.17) is 11.6 Å². The average molecular weight is 301 g/mol. The first kappa shape index (κ1) is 13.5. The first-order valence-electron chi connectivity index (χ1n) is 6.24. The van der Waals surface area contributed by atoms with E-state index in [1.807, 2.05) is 6.07 Å². The molecule has 0 saturated carbocycles. The molecule has 3 aromatic rings. The maximum absolute atomic E-state index is 13.0. The van der Waals surface area contributed by atoms with Gasteiger partial charge in [0.15, 0.2) is 6.29 Å². The molecule has 2 aromatic carbocycles. The summed E-state index contributed by atoms with van der Waals surface area (Å²) < 4.78 is 14.6. The number of hydrogen-bond donors (Lipinski definition) is 0. The van der Waals surface area contributed by atoms with E-state index >= 15 is 0 Å². The second-order valence-corrected chi connectivity index (χ2v) is 4.92. The quantitative estimate of drug-likeness (QED) is 0.681. The molecular weight excluding hydrogens is 291 g/mol. The molecule has 0 aliphatic rings. The van der Waals surface area contributed by atoms with Gasteiger partial charge < -0.3 is 0 Å². The Morgan fingerprint density at radius 2 is 1.90 bits per heavy atom. The Labute approximate surface area is 125 Å². The molecule has 0 aliphatic carbocycles. The molecule has 0 fully saturated rings. The zero-order valence-corrected chi connectivity index (χ0v) is 11.6. The molecule has 0 atom stereocenters. The maximum Gasteiger partial charge on any atom is 0.153 e. The van der Waals surface area contributed by atoms with Crippen molar-refractivity contribution < 1.29 is 9.18 Å². The van der Waals surface area contributed by atoms with Crippen LogP contribution < -0.4 is 0 Å². The minimum atomic E-state index is -0.333. The average Bonchev–Trinajstić information content (AvgIpc) is 2.92. The highest BCUT2D eigenvalue weighted by Crippen LogP contribution is 2.23. The summed E-state index contributed by atoms with van der Waals surface area (Å²) in [7, 11) is 0. The summed E-state index contributed by atoms with van der Waals surface area (Å²) in [6, 6.07) is 13.0. The fraction of sp³-hybridized carbons (Fsp3) is 0. The Hall–Kier alpha value is -2.46. The van der Waals surface area contributed by atoms with Gasteiger partial charge in [-0.2, -0.15) is 5.10 Å². The van der Waals surface area contributed by atoms with Crippen LogP contribution in [0, 0.1) is 5.82 Å². The van der Waals surface area contributed by atoms with Crippen molar-refractivity contribution in [1.82, 2.24) is 9.78 Å². The van der Waals surface area contributed by atoms with Gasteiger partial charge in [0, 0.05) is 16.8 Å². The third-order valence-electron chi connectivity index (χ3n) is 3.06. The van der Waals surface area contributed by atoms with Crippen LogP contribution in [-0.4, -0.2) is 16.1 Å². The second-order valence-electron chi connectivity index (χ2n) is 4.48. The SMILES string of the molecule is O=Cc1cn(-c2cccc(Cl)c2)nc1-c1ccc(F)cc1. The number of halogens is 2. The minimum absolute atomic E-state index is 0.333. The van der Waals surface area contributed by atoms with Crippen molar-refractivity contribution in [2.24, 2.45) is 0 Å². The highest BCUT2D eigenvalue weighted by Gasteiger charge is 2.12. The van der Waals surface area contributed by atoms with Gasteiger partial charge in [-0.1, -0.05) is 17.7 Å². The van der Waals surface area contributed by atoms with Gasteiger partial charge in [0.25, 0.3) is 0 Å². The van der Waals surface area contributed by atoms with Crippen molar-refractivity contribution >= 4 is 17.9 Å². The van der Waals surface area contributed by atoms with Crippen LogP contribution in [0.1, 0.15) is 10.4 Å². The summed E-state index contributed by atoms with van der Waals surface area (Å²) in [6.45, 7) is 0. The lowest BCUT2D eigenvalue weighted by atomic mass is 10.1. The maximum atomic E-state index is 13.0. The monoisotopic (exact) mass is 300 g/mol. The molecule has 1 aromatic heterocycles. The van der Waals surface area contributed by atoms with Crippen molar-refractivity contribution in [1.29, 1.82) is 0 Å². The van der Waals surface area contributed by atoms with Gasteiger partial charge in [0.05, 0.1) is 11.3 Å². The van der Waals surface area contributed by atoms with E-state index < -0.39 is 0 Å². The Morgan fingerprint density at radius 3 is 2.57 bits per heavy atom. The van der Waals surface area contributed by atoms with E-state index in [1.54, 1.807) is 41.2 Å². The molecule has 0 unspecified atom stereocenters. The number of nitrogens with zero attached hydrogens (tertiary/aromatic N) is 2. The number of aromatic nitrogens is 2. The molecular formula is C16H10ClFN2O. The van der Waals surface area contributed by atoms with Gasteiger partial charge in [-0.3, -0.25) is 4.79 Å². The van der Waals surface area contributed by atoms with E-state index in [-0.39, 0.29) is 5.82 Å². The number of carbonyl (C=O) groups is 1. The zero-order chi connectivity index (χ0) is 14.8. The third kappa shape index (κ3) is 2.71. The van der Waals surface area contributed by atoms with Crippen LogP contribution in [0.15, 0.2) is 54.7 Å². The van der Waals surface area contributed by atoms with Crippen molar-refractivity contribution in [3.05, 3.63) is 71.1 Å². The van der Waals surface area contributed by atoms with Crippen LogP contribution in [0.2, 0.25) is 5.02 Å². The predicted molar refractivity (Wildman–Crippen MR) is 79.4 cm³/mol. The molecule has 3 rings (SSSR count).